The van der Waals surface area contributed by atoms with Crippen LogP contribution in [0.5, 0.6) is 0 Å². The Morgan fingerprint density at radius 1 is 1.47 bits per heavy atom. The lowest BCUT2D eigenvalue weighted by Crippen LogP contribution is -2.41. The molecule has 15 heavy (non-hydrogen) atoms. The molecule has 0 radical (unpaired) electrons. The molecule has 0 amide bonds. The quantitative estimate of drug-likeness (QED) is 0.770. The van der Waals surface area contributed by atoms with Crippen LogP contribution in [0.1, 0.15) is 52.9 Å². The molecule has 0 spiro atoms. The third-order valence-corrected chi connectivity index (χ3v) is 3.66. The number of hydrogen-bond donors (Lipinski definition) is 1. The van der Waals surface area contributed by atoms with E-state index in [1.165, 1.54) is 25.7 Å². The van der Waals surface area contributed by atoms with Gasteiger partial charge in [-0.15, -0.1) is 0 Å². The Kier molecular flexibility index (Phi) is 5.11. The van der Waals surface area contributed by atoms with Crippen LogP contribution in [0.25, 0.3) is 0 Å². The van der Waals surface area contributed by atoms with Gasteiger partial charge in [0.25, 0.3) is 0 Å². The highest BCUT2D eigenvalue weighted by Gasteiger charge is 2.27. The molecule has 0 bridgehead atoms. The molecule has 1 saturated carbocycles. The standard InChI is InChI=1S/C13H24N2/c1-4-11(3)15-13(9-14)12-7-5-6-10(2)8-12/h10-13,15H,4-8H2,1-3H3. The summed E-state index contributed by atoms with van der Waals surface area (Å²) in [5, 5.41) is 12.6. The maximum atomic E-state index is 9.20. The molecule has 0 aromatic rings. The molecule has 2 heteroatoms. The summed E-state index contributed by atoms with van der Waals surface area (Å²) in [4.78, 5) is 0. The maximum Gasteiger partial charge on any atom is 0.0983 e. The fourth-order valence-electron chi connectivity index (χ4n) is 2.49. The third kappa shape index (κ3) is 3.83. The monoisotopic (exact) mass is 208 g/mol. The van der Waals surface area contributed by atoms with Gasteiger partial charge >= 0.3 is 0 Å². The summed E-state index contributed by atoms with van der Waals surface area (Å²) >= 11 is 0. The molecule has 1 aliphatic carbocycles. The summed E-state index contributed by atoms with van der Waals surface area (Å²) in [7, 11) is 0. The summed E-state index contributed by atoms with van der Waals surface area (Å²) in [5.41, 5.74) is 0. The lowest BCUT2D eigenvalue weighted by molar-refractivity contribution is 0.239. The van der Waals surface area contributed by atoms with E-state index in [4.69, 9.17) is 0 Å². The minimum atomic E-state index is 0.0719. The molecule has 4 atom stereocenters. The Morgan fingerprint density at radius 3 is 2.73 bits per heavy atom. The highest BCUT2D eigenvalue weighted by Crippen LogP contribution is 2.30. The molecular weight excluding hydrogens is 184 g/mol. The highest BCUT2D eigenvalue weighted by molar-refractivity contribution is 4.97. The summed E-state index contributed by atoms with van der Waals surface area (Å²) in [6.07, 6.45) is 6.19. The minimum absolute atomic E-state index is 0.0719. The first kappa shape index (κ1) is 12.5. The van der Waals surface area contributed by atoms with Gasteiger partial charge in [-0.05, 0) is 38.0 Å². The first-order chi connectivity index (χ1) is 7.17. The Labute approximate surface area is 94.1 Å². The van der Waals surface area contributed by atoms with Crippen molar-refractivity contribution in [3.05, 3.63) is 0 Å². The first-order valence-electron chi connectivity index (χ1n) is 6.33. The lowest BCUT2D eigenvalue weighted by atomic mass is 9.79. The van der Waals surface area contributed by atoms with E-state index in [2.05, 4.69) is 32.2 Å². The maximum absolute atomic E-state index is 9.20. The van der Waals surface area contributed by atoms with Crippen LogP contribution in [-0.4, -0.2) is 12.1 Å². The van der Waals surface area contributed by atoms with Crippen molar-refractivity contribution in [2.45, 2.75) is 65.0 Å². The van der Waals surface area contributed by atoms with Crippen molar-refractivity contribution in [1.29, 1.82) is 5.26 Å². The van der Waals surface area contributed by atoms with Crippen molar-refractivity contribution in [2.75, 3.05) is 0 Å². The second kappa shape index (κ2) is 6.12. The second-order valence-corrected chi connectivity index (χ2v) is 5.11. The van der Waals surface area contributed by atoms with Crippen LogP contribution in [0.15, 0.2) is 0 Å². The number of nitrogens with one attached hydrogen (secondary N) is 1. The van der Waals surface area contributed by atoms with Crippen LogP contribution in [0.4, 0.5) is 0 Å². The number of hydrogen-bond acceptors (Lipinski definition) is 2. The van der Waals surface area contributed by atoms with Gasteiger partial charge in [-0.2, -0.15) is 5.26 Å². The minimum Gasteiger partial charge on any atom is -0.299 e. The SMILES string of the molecule is CCC(C)NC(C#N)C1CCCC(C)C1. The molecule has 0 heterocycles. The predicted octanol–water partition coefficient (Wildman–Crippen LogP) is 3.09. The van der Waals surface area contributed by atoms with Crippen LogP contribution in [-0.2, 0) is 0 Å². The molecule has 86 valence electrons. The summed E-state index contributed by atoms with van der Waals surface area (Å²) in [5.74, 6) is 1.38. The van der Waals surface area contributed by atoms with E-state index in [1.807, 2.05) is 0 Å². The van der Waals surface area contributed by atoms with E-state index in [-0.39, 0.29) is 6.04 Å². The third-order valence-electron chi connectivity index (χ3n) is 3.66. The van der Waals surface area contributed by atoms with E-state index in [1.54, 1.807) is 0 Å². The zero-order valence-electron chi connectivity index (χ0n) is 10.3. The van der Waals surface area contributed by atoms with Gasteiger partial charge in [0.1, 0.15) is 0 Å². The van der Waals surface area contributed by atoms with Crippen molar-refractivity contribution in [2.24, 2.45) is 11.8 Å². The zero-order valence-corrected chi connectivity index (χ0v) is 10.3. The Bertz CT molecular complexity index is 219. The molecule has 1 rings (SSSR count). The smallest absolute Gasteiger partial charge is 0.0983 e. The zero-order chi connectivity index (χ0) is 11.3. The largest absolute Gasteiger partial charge is 0.299 e. The average molecular weight is 208 g/mol. The molecule has 0 aromatic carbocycles. The molecule has 0 saturated heterocycles. The molecule has 0 aliphatic heterocycles. The van der Waals surface area contributed by atoms with Gasteiger partial charge in [-0.3, -0.25) is 5.32 Å². The van der Waals surface area contributed by atoms with E-state index in [0.717, 1.165) is 12.3 Å². The lowest BCUT2D eigenvalue weighted by Gasteiger charge is -2.31. The van der Waals surface area contributed by atoms with Crippen molar-refractivity contribution < 1.29 is 0 Å². The van der Waals surface area contributed by atoms with Gasteiger partial charge < -0.3 is 0 Å². The topological polar surface area (TPSA) is 35.8 Å². The van der Waals surface area contributed by atoms with Gasteiger partial charge in [-0.25, -0.2) is 0 Å². The second-order valence-electron chi connectivity index (χ2n) is 5.11. The first-order valence-corrected chi connectivity index (χ1v) is 6.33. The van der Waals surface area contributed by atoms with Gasteiger partial charge in [0.15, 0.2) is 0 Å². The van der Waals surface area contributed by atoms with E-state index >= 15 is 0 Å². The summed E-state index contributed by atoms with van der Waals surface area (Å²) in [6.45, 7) is 6.63. The van der Waals surface area contributed by atoms with Gasteiger partial charge in [0.05, 0.1) is 12.1 Å². The Morgan fingerprint density at radius 2 is 2.20 bits per heavy atom. The fourth-order valence-corrected chi connectivity index (χ4v) is 2.49. The predicted molar refractivity (Wildman–Crippen MR) is 63.4 cm³/mol. The van der Waals surface area contributed by atoms with Crippen LogP contribution >= 0.6 is 0 Å². The van der Waals surface area contributed by atoms with E-state index in [9.17, 15) is 5.26 Å². The molecular formula is C13H24N2. The van der Waals surface area contributed by atoms with Crippen molar-refractivity contribution in [3.8, 4) is 6.07 Å². The molecule has 4 unspecified atom stereocenters. The summed E-state index contributed by atoms with van der Waals surface area (Å²) < 4.78 is 0. The van der Waals surface area contributed by atoms with Crippen LogP contribution in [0.3, 0.4) is 0 Å². The molecule has 0 aromatic heterocycles. The molecule has 1 fully saturated rings. The normalized spacial score (nSPS) is 30.5. The van der Waals surface area contributed by atoms with Gasteiger partial charge in [0.2, 0.25) is 0 Å². The number of nitriles is 1. The summed E-state index contributed by atoms with van der Waals surface area (Å²) in [6, 6.07) is 2.98. The molecule has 1 N–H and O–H groups in total. The van der Waals surface area contributed by atoms with E-state index < -0.39 is 0 Å². The number of nitrogens with zero attached hydrogens (tertiary/aromatic N) is 1. The van der Waals surface area contributed by atoms with Crippen LogP contribution in [0.2, 0.25) is 0 Å². The molecule has 2 nitrogen and oxygen atoms in total. The number of rotatable bonds is 4. The van der Waals surface area contributed by atoms with Gasteiger partial charge in [0, 0.05) is 6.04 Å². The van der Waals surface area contributed by atoms with Gasteiger partial charge in [-0.1, -0.05) is 26.7 Å². The average Bonchev–Trinajstić information content (AvgIpc) is 2.25. The van der Waals surface area contributed by atoms with E-state index in [0.29, 0.717) is 12.0 Å². The van der Waals surface area contributed by atoms with Crippen molar-refractivity contribution >= 4 is 0 Å². The highest BCUT2D eigenvalue weighted by atomic mass is 14.9. The Balaban J connectivity index is 2.47. The van der Waals surface area contributed by atoms with Crippen LogP contribution < -0.4 is 5.32 Å². The fraction of sp³-hybridized carbons (Fsp3) is 0.923. The van der Waals surface area contributed by atoms with Crippen LogP contribution in [0, 0.1) is 23.2 Å². The van der Waals surface area contributed by atoms with Crippen molar-refractivity contribution in [3.63, 3.8) is 0 Å². The Hall–Kier alpha value is -0.550. The van der Waals surface area contributed by atoms with Crippen molar-refractivity contribution in [1.82, 2.24) is 5.32 Å². The molecule has 1 aliphatic rings.